The Hall–Kier alpha value is -1.60. The minimum Gasteiger partial charge on any atom is -0.481 e. The summed E-state index contributed by atoms with van der Waals surface area (Å²) >= 11 is 3.28. The van der Waals surface area contributed by atoms with Gasteiger partial charge in [-0.25, -0.2) is 4.79 Å². The maximum Gasteiger partial charge on any atom is 0.321 e. The first-order chi connectivity index (χ1) is 9.47. The van der Waals surface area contributed by atoms with E-state index in [0.29, 0.717) is 17.9 Å². The van der Waals surface area contributed by atoms with Gasteiger partial charge in [-0.2, -0.15) is 0 Å². The third-order valence-electron chi connectivity index (χ3n) is 2.44. The molecular weight excluding hydrogens is 328 g/mol. The van der Waals surface area contributed by atoms with Gasteiger partial charge in [-0.1, -0.05) is 15.9 Å². The van der Waals surface area contributed by atoms with Crippen molar-refractivity contribution < 1.29 is 19.4 Å². The minimum absolute atomic E-state index is 0.209. The summed E-state index contributed by atoms with van der Waals surface area (Å²) in [5.74, 6) is -0.156. The van der Waals surface area contributed by atoms with Gasteiger partial charge in [-0.05, 0) is 32.0 Å². The molecule has 0 bridgehead atoms. The third kappa shape index (κ3) is 4.82. The summed E-state index contributed by atoms with van der Waals surface area (Å²) in [6, 6.07) is 4.52. The van der Waals surface area contributed by atoms with E-state index in [1.165, 1.54) is 6.92 Å². The van der Waals surface area contributed by atoms with Crippen LogP contribution in [0.15, 0.2) is 22.7 Å². The number of aliphatic hydroxyl groups excluding tert-OH is 1. The molecule has 20 heavy (non-hydrogen) atoms. The zero-order valence-corrected chi connectivity index (χ0v) is 12.9. The summed E-state index contributed by atoms with van der Waals surface area (Å²) in [5, 5.41) is 13.9. The van der Waals surface area contributed by atoms with E-state index in [0.717, 1.165) is 4.47 Å². The van der Waals surface area contributed by atoms with E-state index in [9.17, 15) is 14.7 Å². The van der Waals surface area contributed by atoms with Crippen molar-refractivity contribution in [3.05, 3.63) is 28.2 Å². The Labute approximate surface area is 125 Å². The molecule has 0 aliphatic carbocycles. The molecule has 1 unspecified atom stereocenters. The fraction of sp³-hybridized carbons (Fsp3) is 0.385. The molecule has 1 aromatic carbocycles. The van der Waals surface area contributed by atoms with E-state index in [4.69, 9.17) is 4.74 Å². The summed E-state index contributed by atoms with van der Waals surface area (Å²) in [6.07, 6.45) is -0.857. The van der Waals surface area contributed by atoms with Crippen molar-refractivity contribution in [3.8, 4) is 5.75 Å². The number of nitrogens with one attached hydrogen (secondary N) is 2. The zero-order valence-electron chi connectivity index (χ0n) is 11.3. The van der Waals surface area contributed by atoms with Crippen LogP contribution in [0.25, 0.3) is 0 Å². The zero-order chi connectivity index (χ0) is 15.1. The van der Waals surface area contributed by atoms with Crippen molar-refractivity contribution in [2.24, 2.45) is 0 Å². The molecule has 0 fully saturated rings. The molecule has 0 saturated carbocycles. The molecule has 0 aliphatic rings. The molecule has 1 atom stereocenters. The van der Waals surface area contributed by atoms with Crippen molar-refractivity contribution in [2.45, 2.75) is 26.6 Å². The maximum absolute atomic E-state index is 11.7. The van der Waals surface area contributed by atoms with Gasteiger partial charge in [0.15, 0.2) is 6.10 Å². The first-order valence-electron chi connectivity index (χ1n) is 6.12. The first kappa shape index (κ1) is 16.5. The Balaban J connectivity index is 2.68. The van der Waals surface area contributed by atoms with E-state index >= 15 is 0 Å². The number of benzene rings is 1. The predicted molar refractivity (Wildman–Crippen MR) is 77.4 cm³/mol. The van der Waals surface area contributed by atoms with Gasteiger partial charge >= 0.3 is 6.03 Å². The summed E-state index contributed by atoms with van der Waals surface area (Å²) in [4.78, 5) is 23.0. The van der Waals surface area contributed by atoms with Crippen LogP contribution in [0.5, 0.6) is 5.75 Å². The Kier molecular flexibility index (Phi) is 6.47. The number of hydrogen-bond donors (Lipinski definition) is 3. The van der Waals surface area contributed by atoms with Gasteiger partial charge in [0, 0.05) is 16.6 Å². The van der Waals surface area contributed by atoms with Crippen molar-refractivity contribution in [1.82, 2.24) is 10.6 Å². The van der Waals surface area contributed by atoms with Gasteiger partial charge < -0.3 is 15.2 Å². The number of carbonyl (C=O) groups excluding carboxylic acids is 2. The van der Waals surface area contributed by atoms with Crippen LogP contribution in [-0.4, -0.2) is 29.7 Å². The van der Waals surface area contributed by atoms with Gasteiger partial charge in [0.1, 0.15) is 5.75 Å². The number of hydrogen-bond acceptors (Lipinski definition) is 4. The van der Waals surface area contributed by atoms with Gasteiger partial charge in [0.25, 0.3) is 5.91 Å². The Morgan fingerprint density at radius 2 is 2.15 bits per heavy atom. The fourth-order valence-corrected chi connectivity index (χ4v) is 1.86. The molecule has 0 heterocycles. The molecule has 3 amide bonds. The van der Waals surface area contributed by atoms with Crippen molar-refractivity contribution in [2.75, 3.05) is 6.54 Å². The summed E-state index contributed by atoms with van der Waals surface area (Å²) in [5.41, 5.74) is 0.553. The largest absolute Gasteiger partial charge is 0.481 e. The number of imide groups is 1. The molecule has 0 aromatic heterocycles. The van der Waals surface area contributed by atoms with E-state index in [2.05, 4.69) is 26.6 Å². The van der Waals surface area contributed by atoms with E-state index in [1.54, 1.807) is 25.1 Å². The van der Waals surface area contributed by atoms with Gasteiger partial charge in [0.05, 0.1) is 6.61 Å². The Morgan fingerprint density at radius 3 is 2.75 bits per heavy atom. The molecule has 0 saturated heterocycles. The van der Waals surface area contributed by atoms with Crippen LogP contribution in [0.4, 0.5) is 4.79 Å². The highest BCUT2D eigenvalue weighted by atomic mass is 79.9. The third-order valence-corrected chi connectivity index (χ3v) is 2.93. The van der Waals surface area contributed by atoms with Crippen molar-refractivity contribution >= 4 is 27.9 Å². The molecule has 0 spiro atoms. The molecule has 0 aliphatic heterocycles. The lowest BCUT2D eigenvalue weighted by molar-refractivity contribution is -0.126. The highest BCUT2D eigenvalue weighted by Gasteiger charge is 2.18. The quantitative estimate of drug-likeness (QED) is 0.756. The van der Waals surface area contributed by atoms with Crippen LogP contribution in [0.3, 0.4) is 0 Å². The average molecular weight is 345 g/mol. The minimum atomic E-state index is -0.857. The maximum atomic E-state index is 11.7. The number of aliphatic hydroxyl groups is 1. The smallest absolute Gasteiger partial charge is 0.321 e. The summed E-state index contributed by atoms with van der Waals surface area (Å²) in [7, 11) is 0. The Morgan fingerprint density at radius 1 is 1.45 bits per heavy atom. The standard InChI is InChI=1S/C13H17BrN2O4/c1-3-15-13(19)16-12(18)8(2)20-11-5-4-10(14)6-9(11)7-17/h4-6,8,17H,3,7H2,1-2H3,(H2,15,16,18,19). The number of amides is 3. The van der Waals surface area contributed by atoms with Crippen molar-refractivity contribution in [3.63, 3.8) is 0 Å². The number of urea groups is 1. The highest BCUT2D eigenvalue weighted by Crippen LogP contribution is 2.24. The molecule has 6 nitrogen and oxygen atoms in total. The van der Waals surface area contributed by atoms with Gasteiger partial charge in [-0.3, -0.25) is 10.1 Å². The lowest BCUT2D eigenvalue weighted by Gasteiger charge is -2.16. The van der Waals surface area contributed by atoms with Crippen molar-refractivity contribution in [1.29, 1.82) is 0 Å². The normalized spacial score (nSPS) is 11.6. The summed E-state index contributed by atoms with van der Waals surface area (Å²) < 4.78 is 6.26. The second kappa shape index (κ2) is 7.86. The van der Waals surface area contributed by atoms with Gasteiger partial charge in [-0.15, -0.1) is 0 Å². The number of rotatable bonds is 5. The van der Waals surface area contributed by atoms with Gasteiger partial charge in [0.2, 0.25) is 0 Å². The molecule has 110 valence electrons. The molecule has 1 rings (SSSR count). The lowest BCUT2D eigenvalue weighted by Crippen LogP contribution is -2.45. The molecule has 0 radical (unpaired) electrons. The first-order valence-corrected chi connectivity index (χ1v) is 6.91. The Bertz CT molecular complexity index is 493. The lowest BCUT2D eigenvalue weighted by atomic mass is 10.2. The predicted octanol–water partition coefficient (Wildman–Crippen LogP) is 1.55. The number of carbonyl (C=O) groups is 2. The number of ether oxygens (including phenoxy) is 1. The number of halogens is 1. The second-order valence-corrected chi connectivity index (χ2v) is 4.93. The topological polar surface area (TPSA) is 87.7 Å². The van der Waals surface area contributed by atoms with Crippen LogP contribution in [0.2, 0.25) is 0 Å². The SMILES string of the molecule is CCNC(=O)NC(=O)C(C)Oc1ccc(Br)cc1CO. The van der Waals surface area contributed by atoms with E-state index in [1.807, 2.05) is 0 Å². The van der Waals surface area contributed by atoms with E-state index < -0.39 is 18.0 Å². The fourth-order valence-electron chi connectivity index (χ4n) is 1.45. The monoisotopic (exact) mass is 344 g/mol. The second-order valence-electron chi connectivity index (χ2n) is 4.02. The van der Waals surface area contributed by atoms with Crippen LogP contribution in [0, 0.1) is 0 Å². The summed E-state index contributed by atoms with van der Waals surface area (Å²) in [6.45, 7) is 3.49. The molecule has 1 aromatic rings. The van der Waals surface area contributed by atoms with Crippen LogP contribution >= 0.6 is 15.9 Å². The van der Waals surface area contributed by atoms with Crippen LogP contribution in [-0.2, 0) is 11.4 Å². The average Bonchev–Trinajstić information content (AvgIpc) is 2.40. The molecule has 3 N–H and O–H groups in total. The molecular formula is C13H17BrN2O4. The highest BCUT2D eigenvalue weighted by molar-refractivity contribution is 9.10. The van der Waals surface area contributed by atoms with Crippen LogP contribution in [0.1, 0.15) is 19.4 Å². The van der Waals surface area contributed by atoms with E-state index in [-0.39, 0.29) is 6.61 Å². The molecule has 7 heteroatoms. The van der Waals surface area contributed by atoms with Crippen LogP contribution < -0.4 is 15.4 Å².